The molecule has 1 aromatic carbocycles. The van der Waals surface area contributed by atoms with Gasteiger partial charge in [0.2, 0.25) is 5.89 Å². The van der Waals surface area contributed by atoms with Crippen molar-refractivity contribution >= 4 is 5.69 Å². The van der Waals surface area contributed by atoms with Gasteiger partial charge in [-0.05, 0) is 18.6 Å². The summed E-state index contributed by atoms with van der Waals surface area (Å²) in [7, 11) is 0. The van der Waals surface area contributed by atoms with E-state index in [2.05, 4.69) is 10.3 Å². The Morgan fingerprint density at radius 3 is 2.85 bits per heavy atom. The molecule has 20 heavy (non-hydrogen) atoms. The highest BCUT2D eigenvalue weighted by atomic mass is 16.6. The average molecular weight is 275 g/mol. The summed E-state index contributed by atoms with van der Waals surface area (Å²) in [5, 5.41) is 14.2. The highest BCUT2D eigenvalue weighted by Crippen LogP contribution is 2.31. The predicted octanol–water partition coefficient (Wildman–Crippen LogP) is 3.06. The van der Waals surface area contributed by atoms with E-state index < -0.39 is 4.92 Å². The third kappa shape index (κ3) is 3.21. The summed E-state index contributed by atoms with van der Waals surface area (Å²) >= 11 is 0. The zero-order valence-electron chi connectivity index (χ0n) is 11.7. The first kappa shape index (κ1) is 14.2. The monoisotopic (exact) mass is 275 g/mol. The Morgan fingerprint density at radius 2 is 2.20 bits per heavy atom. The minimum Gasteiger partial charge on any atom is -0.439 e. The van der Waals surface area contributed by atoms with Gasteiger partial charge < -0.3 is 9.73 Å². The molecule has 0 radical (unpaired) electrons. The SMILES string of the molecule is Cc1ccc([N+](=O)[O-])c(-c2cnc(CNC(C)C)o2)c1. The normalized spacial score (nSPS) is 11.0. The van der Waals surface area contributed by atoms with Crippen molar-refractivity contribution in [1.82, 2.24) is 10.3 Å². The summed E-state index contributed by atoms with van der Waals surface area (Å²) in [6.45, 7) is 6.42. The number of hydrogen-bond acceptors (Lipinski definition) is 5. The van der Waals surface area contributed by atoms with Crippen LogP contribution in [0.1, 0.15) is 25.3 Å². The molecule has 0 aliphatic carbocycles. The van der Waals surface area contributed by atoms with Crippen LogP contribution in [0.3, 0.4) is 0 Å². The Balaban J connectivity index is 2.32. The van der Waals surface area contributed by atoms with Gasteiger partial charge in [0, 0.05) is 12.1 Å². The van der Waals surface area contributed by atoms with Crippen LogP contribution < -0.4 is 5.32 Å². The number of aryl methyl sites for hydroxylation is 1. The van der Waals surface area contributed by atoms with Crippen molar-refractivity contribution in [2.75, 3.05) is 0 Å². The quantitative estimate of drug-likeness (QED) is 0.670. The van der Waals surface area contributed by atoms with Crippen molar-refractivity contribution in [2.45, 2.75) is 33.4 Å². The van der Waals surface area contributed by atoms with Crippen LogP contribution >= 0.6 is 0 Å². The van der Waals surface area contributed by atoms with E-state index in [0.717, 1.165) is 5.56 Å². The fourth-order valence-corrected chi connectivity index (χ4v) is 1.81. The first-order valence-electron chi connectivity index (χ1n) is 6.41. The predicted molar refractivity (Wildman–Crippen MR) is 75.3 cm³/mol. The third-order valence-electron chi connectivity index (χ3n) is 2.83. The van der Waals surface area contributed by atoms with Gasteiger partial charge in [-0.2, -0.15) is 0 Å². The average Bonchev–Trinajstić information content (AvgIpc) is 2.84. The van der Waals surface area contributed by atoms with Crippen molar-refractivity contribution in [2.24, 2.45) is 0 Å². The lowest BCUT2D eigenvalue weighted by molar-refractivity contribution is -0.384. The first-order valence-corrected chi connectivity index (χ1v) is 6.41. The largest absolute Gasteiger partial charge is 0.439 e. The molecule has 0 fully saturated rings. The van der Waals surface area contributed by atoms with Crippen molar-refractivity contribution in [3.8, 4) is 11.3 Å². The second kappa shape index (κ2) is 5.83. The molecule has 0 bridgehead atoms. The third-order valence-corrected chi connectivity index (χ3v) is 2.83. The number of aromatic nitrogens is 1. The van der Waals surface area contributed by atoms with Gasteiger partial charge in [0.05, 0.1) is 23.2 Å². The maximum atomic E-state index is 11.1. The lowest BCUT2D eigenvalue weighted by atomic mass is 10.1. The van der Waals surface area contributed by atoms with Gasteiger partial charge in [-0.3, -0.25) is 10.1 Å². The maximum Gasteiger partial charge on any atom is 0.280 e. The van der Waals surface area contributed by atoms with E-state index in [0.29, 0.717) is 29.8 Å². The molecule has 0 amide bonds. The standard InChI is InChI=1S/C14H17N3O3/c1-9(2)15-8-14-16-7-13(20-14)11-6-10(3)4-5-12(11)17(18)19/h4-7,9,15H,8H2,1-3H3. The summed E-state index contributed by atoms with van der Waals surface area (Å²) in [6, 6.07) is 5.25. The van der Waals surface area contributed by atoms with Gasteiger partial charge >= 0.3 is 0 Å². The van der Waals surface area contributed by atoms with Gasteiger partial charge in [0.1, 0.15) is 0 Å². The lowest BCUT2D eigenvalue weighted by Gasteiger charge is -2.04. The maximum absolute atomic E-state index is 11.1. The van der Waals surface area contributed by atoms with Crippen LogP contribution in [0.4, 0.5) is 5.69 Å². The molecular formula is C14H17N3O3. The molecule has 0 unspecified atom stereocenters. The lowest BCUT2D eigenvalue weighted by Crippen LogP contribution is -2.21. The number of benzene rings is 1. The molecule has 0 saturated carbocycles. The molecule has 0 atom stereocenters. The van der Waals surface area contributed by atoms with Crippen LogP contribution in [0.25, 0.3) is 11.3 Å². The molecule has 1 heterocycles. The van der Waals surface area contributed by atoms with Crippen LogP contribution in [-0.2, 0) is 6.54 Å². The van der Waals surface area contributed by atoms with Gasteiger partial charge in [-0.1, -0.05) is 19.9 Å². The van der Waals surface area contributed by atoms with E-state index in [4.69, 9.17) is 4.42 Å². The molecular weight excluding hydrogens is 258 g/mol. The zero-order valence-corrected chi connectivity index (χ0v) is 11.7. The van der Waals surface area contributed by atoms with Gasteiger partial charge in [-0.25, -0.2) is 4.98 Å². The van der Waals surface area contributed by atoms with Crippen LogP contribution in [0.2, 0.25) is 0 Å². The molecule has 1 aromatic heterocycles. The molecule has 0 spiro atoms. The van der Waals surface area contributed by atoms with Gasteiger partial charge in [0.25, 0.3) is 5.69 Å². The summed E-state index contributed by atoms with van der Waals surface area (Å²) < 4.78 is 5.59. The number of nitrogens with one attached hydrogen (secondary N) is 1. The highest BCUT2D eigenvalue weighted by Gasteiger charge is 2.18. The van der Waals surface area contributed by atoms with E-state index in [1.54, 1.807) is 12.1 Å². The second-order valence-electron chi connectivity index (χ2n) is 4.93. The Labute approximate surface area is 117 Å². The molecule has 6 heteroatoms. The topological polar surface area (TPSA) is 81.2 Å². The van der Waals surface area contributed by atoms with Gasteiger partial charge in [-0.15, -0.1) is 0 Å². The number of nitro benzene ring substituents is 1. The van der Waals surface area contributed by atoms with Crippen molar-refractivity contribution in [3.63, 3.8) is 0 Å². The van der Waals surface area contributed by atoms with Crippen LogP contribution in [0.15, 0.2) is 28.8 Å². The summed E-state index contributed by atoms with van der Waals surface area (Å²) in [5.74, 6) is 0.936. The van der Waals surface area contributed by atoms with E-state index in [9.17, 15) is 10.1 Å². The summed E-state index contributed by atoms with van der Waals surface area (Å²) in [5.41, 5.74) is 1.41. The number of nitro groups is 1. The zero-order chi connectivity index (χ0) is 14.7. The number of nitrogens with zero attached hydrogens (tertiary/aromatic N) is 2. The molecule has 2 rings (SSSR count). The number of rotatable bonds is 5. The number of hydrogen-bond donors (Lipinski definition) is 1. The summed E-state index contributed by atoms with van der Waals surface area (Å²) in [4.78, 5) is 14.8. The molecule has 0 saturated heterocycles. The fraction of sp³-hybridized carbons (Fsp3) is 0.357. The van der Waals surface area contributed by atoms with Crippen molar-refractivity contribution < 1.29 is 9.34 Å². The first-order chi connectivity index (χ1) is 9.47. The van der Waals surface area contributed by atoms with E-state index in [-0.39, 0.29) is 5.69 Å². The van der Waals surface area contributed by atoms with Crippen LogP contribution in [0, 0.1) is 17.0 Å². The van der Waals surface area contributed by atoms with Crippen LogP contribution in [0.5, 0.6) is 0 Å². The minimum atomic E-state index is -0.413. The van der Waals surface area contributed by atoms with Crippen LogP contribution in [-0.4, -0.2) is 15.9 Å². The molecule has 1 N–H and O–H groups in total. The molecule has 2 aromatic rings. The minimum absolute atomic E-state index is 0.0233. The molecule has 0 aliphatic heterocycles. The Bertz CT molecular complexity index is 620. The fourth-order valence-electron chi connectivity index (χ4n) is 1.81. The molecule has 0 aliphatic rings. The van der Waals surface area contributed by atoms with Crippen molar-refractivity contribution in [3.05, 3.63) is 46.0 Å². The van der Waals surface area contributed by atoms with E-state index >= 15 is 0 Å². The summed E-state index contributed by atoms with van der Waals surface area (Å²) in [6.07, 6.45) is 1.53. The highest BCUT2D eigenvalue weighted by molar-refractivity contribution is 5.69. The molecule has 106 valence electrons. The van der Waals surface area contributed by atoms with Crippen molar-refractivity contribution in [1.29, 1.82) is 0 Å². The molecule has 6 nitrogen and oxygen atoms in total. The Kier molecular flexibility index (Phi) is 4.14. The smallest absolute Gasteiger partial charge is 0.280 e. The van der Waals surface area contributed by atoms with Gasteiger partial charge in [0.15, 0.2) is 5.76 Å². The Morgan fingerprint density at radius 1 is 1.45 bits per heavy atom. The Hall–Kier alpha value is -2.21. The van der Waals surface area contributed by atoms with E-state index in [1.165, 1.54) is 12.3 Å². The van der Waals surface area contributed by atoms with E-state index in [1.807, 2.05) is 20.8 Å². The number of oxazole rings is 1. The second-order valence-corrected chi connectivity index (χ2v) is 4.93.